The molecule has 0 radical (unpaired) electrons. The first-order chi connectivity index (χ1) is 17.9. The van der Waals surface area contributed by atoms with Crippen LogP contribution in [-0.4, -0.2) is 35.3 Å². The number of halogens is 2. The third-order valence-corrected chi connectivity index (χ3v) is 6.68. The largest absolute Gasteiger partial charge is 0.494 e. The second-order valence-electron chi connectivity index (χ2n) is 8.33. The monoisotopic (exact) mass is 535 g/mol. The number of aromatic nitrogens is 2. The molecule has 5 rings (SSSR count). The molecule has 3 aromatic carbocycles. The fourth-order valence-corrected chi connectivity index (χ4v) is 5.01. The fraction of sp³-hybridized carbons (Fsp3) is 0.179. The van der Waals surface area contributed by atoms with Gasteiger partial charge in [-0.05, 0) is 80.1 Å². The van der Waals surface area contributed by atoms with Gasteiger partial charge in [0.25, 0.3) is 5.91 Å². The molecule has 1 unspecified atom stereocenters. The summed E-state index contributed by atoms with van der Waals surface area (Å²) in [5, 5.41) is 8.34. The van der Waals surface area contributed by atoms with Crippen LogP contribution in [0.25, 0.3) is 11.3 Å². The molecule has 1 aliphatic heterocycles. The van der Waals surface area contributed by atoms with Crippen LogP contribution in [0.1, 0.15) is 51.9 Å². The van der Waals surface area contributed by atoms with E-state index < -0.39 is 12.0 Å². The van der Waals surface area contributed by atoms with Gasteiger partial charge in [0.2, 0.25) is 0 Å². The van der Waals surface area contributed by atoms with E-state index in [0.717, 1.165) is 11.3 Å². The molecule has 1 aromatic heterocycles. The second-order valence-corrected chi connectivity index (χ2v) is 9.17. The molecule has 9 heteroatoms. The lowest BCUT2D eigenvalue weighted by molar-refractivity contribution is 0.0526. The zero-order chi connectivity index (χ0) is 26.1. The number of carbonyl (C=O) groups excluding carboxylic acids is 2. The molecule has 0 saturated carbocycles. The number of carbonyl (C=O) groups is 2. The topological polar surface area (TPSA) is 84.5 Å². The number of nitrogens with one attached hydrogen (secondary N) is 1. The average Bonchev–Trinajstić information content (AvgIpc) is 3.44. The van der Waals surface area contributed by atoms with Gasteiger partial charge in [0.1, 0.15) is 11.4 Å². The summed E-state index contributed by atoms with van der Waals surface area (Å²) in [7, 11) is 0. The molecule has 2 heterocycles. The van der Waals surface area contributed by atoms with Crippen molar-refractivity contribution >= 4 is 40.8 Å². The molecular formula is C28H23Cl2N3O4. The van der Waals surface area contributed by atoms with Crippen molar-refractivity contribution in [2.24, 2.45) is 0 Å². The third-order valence-electron chi connectivity index (χ3n) is 6.12. The Kier molecular flexibility index (Phi) is 6.91. The van der Waals surface area contributed by atoms with Crippen molar-refractivity contribution in [3.05, 3.63) is 99.2 Å². The highest BCUT2D eigenvalue weighted by Gasteiger charge is 2.43. The van der Waals surface area contributed by atoms with Crippen molar-refractivity contribution in [2.45, 2.75) is 19.9 Å². The highest BCUT2D eigenvalue weighted by atomic mass is 35.5. The number of fused-ring (bicyclic) bond motifs is 1. The number of anilines is 1. The molecule has 37 heavy (non-hydrogen) atoms. The van der Waals surface area contributed by atoms with Crippen molar-refractivity contribution in [3.8, 4) is 17.0 Å². The molecule has 1 amide bonds. The van der Waals surface area contributed by atoms with Crippen LogP contribution in [0.4, 0.5) is 5.69 Å². The van der Waals surface area contributed by atoms with Gasteiger partial charge in [-0.2, -0.15) is 5.10 Å². The first-order valence-corrected chi connectivity index (χ1v) is 12.6. The summed E-state index contributed by atoms with van der Waals surface area (Å²) in [4.78, 5) is 27.5. The van der Waals surface area contributed by atoms with Gasteiger partial charge < -0.3 is 9.47 Å². The quantitative estimate of drug-likeness (QED) is 0.266. The van der Waals surface area contributed by atoms with Gasteiger partial charge in [-0.1, -0.05) is 29.3 Å². The Morgan fingerprint density at radius 3 is 2.38 bits per heavy atom. The van der Waals surface area contributed by atoms with Crippen molar-refractivity contribution < 1.29 is 19.1 Å². The number of benzene rings is 3. The number of H-pyrrole nitrogens is 1. The van der Waals surface area contributed by atoms with E-state index in [1.54, 1.807) is 48.2 Å². The Balaban J connectivity index is 1.63. The van der Waals surface area contributed by atoms with Crippen LogP contribution >= 0.6 is 23.2 Å². The first kappa shape index (κ1) is 24.9. The van der Waals surface area contributed by atoms with Crippen LogP contribution in [0.15, 0.2) is 66.7 Å². The summed E-state index contributed by atoms with van der Waals surface area (Å²) in [6.07, 6.45) is 0. The van der Waals surface area contributed by atoms with Crippen LogP contribution in [0, 0.1) is 0 Å². The third kappa shape index (κ3) is 4.56. The number of aromatic amines is 1. The molecule has 4 aromatic rings. The minimum Gasteiger partial charge on any atom is -0.494 e. The lowest BCUT2D eigenvalue weighted by atomic mass is 9.95. The maximum Gasteiger partial charge on any atom is 0.338 e. The summed E-state index contributed by atoms with van der Waals surface area (Å²) >= 11 is 12.9. The van der Waals surface area contributed by atoms with Gasteiger partial charge in [-0.15, -0.1) is 0 Å². The van der Waals surface area contributed by atoms with Crippen molar-refractivity contribution in [1.29, 1.82) is 0 Å². The number of ether oxygens (including phenoxy) is 2. The summed E-state index contributed by atoms with van der Waals surface area (Å²) in [6.45, 7) is 4.51. The predicted molar refractivity (Wildman–Crippen MR) is 143 cm³/mol. The van der Waals surface area contributed by atoms with E-state index in [1.807, 2.05) is 37.3 Å². The number of hydrogen-bond donors (Lipinski definition) is 1. The number of nitrogens with zero attached hydrogens (tertiary/aromatic N) is 2. The van der Waals surface area contributed by atoms with E-state index in [0.29, 0.717) is 50.4 Å². The van der Waals surface area contributed by atoms with Crippen molar-refractivity contribution in [1.82, 2.24) is 10.2 Å². The van der Waals surface area contributed by atoms with Gasteiger partial charge in [0.05, 0.1) is 30.5 Å². The Hall–Kier alpha value is -3.81. The van der Waals surface area contributed by atoms with Gasteiger partial charge in [-0.25, -0.2) is 4.79 Å². The van der Waals surface area contributed by atoms with E-state index >= 15 is 0 Å². The number of rotatable bonds is 7. The lowest BCUT2D eigenvalue weighted by Crippen LogP contribution is -2.29. The Bertz CT molecular complexity index is 1470. The molecule has 0 bridgehead atoms. The smallest absolute Gasteiger partial charge is 0.338 e. The molecule has 188 valence electrons. The number of amides is 1. The van der Waals surface area contributed by atoms with E-state index in [-0.39, 0.29) is 12.5 Å². The van der Waals surface area contributed by atoms with Gasteiger partial charge in [0, 0.05) is 26.9 Å². The Morgan fingerprint density at radius 1 is 1.00 bits per heavy atom. The van der Waals surface area contributed by atoms with Crippen molar-refractivity contribution in [2.75, 3.05) is 18.1 Å². The molecule has 1 N–H and O–H groups in total. The number of hydrogen-bond acceptors (Lipinski definition) is 5. The maximum absolute atomic E-state index is 13.7. The highest BCUT2D eigenvalue weighted by Crippen LogP contribution is 2.47. The zero-order valence-corrected chi connectivity index (χ0v) is 21.6. The number of esters is 1. The fourth-order valence-electron chi connectivity index (χ4n) is 4.50. The van der Waals surface area contributed by atoms with E-state index in [9.17, 15) is 9.59 Å². The molecule has 0 saturated heterocycles. The molecule has 0 spiro atoms. The molecular weight excluding hydrogens is 513 g/mol. The minimum absolute atomic E-state index is 0.264. The summed E-state index contributed by atoms with van der Waals surface area (Å²) in [5.41, 5.74) is 4.21. The average molecular weight is 536 g/mol. The molecule has 0 fully saturated rings. The van der Waals surface area contributed by atoms with E-state index in [4.69, 9.17) is 32.7 Å². The van der Waals surface area contributed by atoms with Crippen LogP contribution in [0.3, 0.4) is 0 Å². The lowest BCUT2D eigenvalue weighted by Gasteiger charge is -2.27. The van der Waals surface area contributed by atoms with Crippen molar-refractivity contribution in [3.63, 3.8) is 0 Å². The highest BCUT2D eigenvalue weighted by molar-refractivity contribution is 6.35. The van der Waals surface area contributed by atoms with Gasteiger partial charge in [0.15, 0.2) is 0 Å². The van der Waals surface area contributed by atoms with E-state index in [2.05, 4.69) is 10.2 Å². The minimum atomic E-state index is -0.582. The molecule has 0 aliphatic carbocycles. The summed E-state index contributed by atoms with van der Waals surface area (Å²) in [6, 6.07) is 18.9. The maximum atomic E-state index is 13.7. The SMILES string of the molecule is CCOC(=O)c1ccc(N2C(=O)c3[nH]nc(-c4ccc(OCC)cc4)c3C2c2ccc(Cl)cc2Cl)cc1. The Morgan fingerprint density at radius 2 is 1.73 bits per heavy atom. The van der Waals surface area contributed by atoms with Gasteiger partial charge in [-0.3, -0.25) is 14.8 Å². The zero-order valence-electron chi connectivity index (χ0n) is 20.1. The first-order valence-electron chi connectivity index (χ1n) is 11.8. The molecule has 1 atom stereocenters. The van der Waals surface area contributed by atoms with Crippen LogP contribution in [0.5, 0.6) is 5.75 Å². The van der Waals surface area contributed by atoms with Crippen LogP contribution in [0.2, 0.25) is 10.0 Å². The Labute approximate surface area is 223 Å². The van der Waals surface area contributed by atoms with Crippen LogP contribution in [-0.2, 0) is 4.74 Å². The normalized spacial score (nSPS) is 14.5. The summed E-state index contributed by atoms with van der Waals surface area (Å²) < 4.78 is 10.7. The van der Waals surface area contributed by atoms with Crippen LogP contribution < -0.4 is 9.64 Å². The predicted octanol–water partition coefficient (Wildman–Crippen LogP) is 6.71. The molecule has 1 aliphatic rings. The van der Waals surface area contributed by atoms with Gasteiger partial charge >= 0.3 is 5.97 Å². The second kappa shape index (κ2) is 10.3. The molecule has 7 nitrogen and oxygen atoms in total. The summed E-state index contributed by atoms with van der Waals surface area (Å²) in [5.74, 6) is 0.0565. The van der Waals surface area contributed by atoms with E-state index in [1.165, 1.54) is 0 Å². The standard InChI is InChI=1S/C28H23Cl2N3O4/c1-3-36-20-12-7-16(8-13-20)24-23-25(32-31-24)27(34)33(26(23)21-14-9-18(29)15-22(21)30)19-10-5-17(6-11-19)28(35)37-4-2/h5-15,26H,3-4H2,1-2H3,(H,31,32).